The van der Waals surface area contributed by atoms with Gasteiger partial charge in [-0.1, -0.05) is 0 Å². The van der Waals surface area contributed by atoms with Gasteiger partial charge in [-0.25, -0.2) is 4.39 Å². The lowest BCUT2D eigenvalue weighted by Gasteiger charge is -2.21. The zero-order chi connectivity index (χ0) is 15.2. The Morgan fingerprint density at radius 3 is 2.48 bits per heavy atom. The fraction of sp³-hybridized carbons (Fsp3) is 0.200. The molecule has 6 heteroatoms. The lowest BCUT2D eigenvalue weighted by atomic mass is 10.2. The van der Waals surface area contributed by atoms with Gasteiger partial charge in [-0.3, -0.25) is 9.59 Å². The molecular weight excluding hydrogens is 277 g/mol. The van der Waals surface area contributed by atoms with E-state index in [1.54, 1.807) is 12.1 Å². The molecular formula is C15H14FNO4. The van der Waals surface area contributed by atoms with Crippen LogP contribution in [-0.4, -0.2) is 28.4 Å². The van der Waals surface area contributed by atoms with Crippen molar-refractivity contribution >= 4 is 11.9 Å². The molecule has 0 radical (unpaired) electrons. The Bertz CT molecular complexity index is 607. The number of rotatable bonds is 6. The predicted molar refractivity (Wildman–Crippen MR) is 72.1 cm³/mol. The van der Waals surface area contributed by atoms with Gasteiger partial charge < -0.3 is 14.4 Å². The maximum absolute atomic E-state index is 12.9. The number of halogens is 1. The molecule has 0 saturated carbocycles. The first-order chi connectivity index (χ1) is 10.1. The number of aliphatic carboxylic acids is 1. The topological polar surface area (TPSA) is 70.8 Å². The summed E-state index contributed by atoms with van der Waals surface area (Å²) in [4.78, 5) is 24.4. The van der Waals surface area contributed by atoms with Crippen molar-refractivity contribution < 1.29 is 23.5 Å². The van der Waals surface area contributed by atoms with Gasteiger partial charge in [-0.2, -0.15) is 0 Å². The quantitative estimate of drug-likeness (QED) is 0.887. The number of carboxylic acids is 1. The van der Waals surface area contributed by atoms with Gasteiger partial charge in [-0.05, 0) is 36.4 Å². The van der Waals surface area contributed by atoms with Gasteiger partial charge in [-0.15, -0.1) is 0 Å². The molecule has 0 unspecified atom stereocenters. The third kappa shape index (κ3) is 4.17. The van der Waals surface area contributed by atoms with E-state index in [4.69, 9.17) is 9.52 Å². The van der Waals surface area contributed by atoms with Crippen LogP contribution in [0.1, 0.15) is 22.5 Å². The molecule has 0 fully saturated rings. The van der Waals surface area contributed by atoms with Crippen LogP contribution in [0.25, 0.3) is 0 Å². The van der Waals surface area contributed by atoms with E-state index in [0.717, 1.165) is 0 Å². The van der Waals surface area contributed by atoms with Crippen LogP contribution in [0.5, 0.6) is 0 Å². The van der Waals surface area contributed by atoms with Gasteiger partial charge in [0, 0.05) is 12.1 Å². The van der Waals surface area contributed by atoms with Crippen LogP contribution in [-0.2, 0) is 11.3 Å². The Kier molecular flexibility index (Phi) is 4.71. The highest BCUT2D eigenvalue weighted by Gasteiger charge is 2.18. The van der Waals surface area contributed by atoms with E-state index in [9.17, 15) is 14.0 Å². The molecule has 1 aromatic heterocycles. The molecule has 0 aliphatic carbocycles. The number of hydrogen-bond acceptors (Lipinski definition) is 3. The molecule has 0 aliphatic rings. The lowest BCUT2D eigenvalue weighted by molar-refractivity contribution is -0.137. The molecule has 1 N–H and O–H groups in total. The second-order valence-corrected chi connectivity index (χ2v) is 4.46. The maximum atomic E-state index is 12.9. The van der Waals surface area contributed by atoms with Crippen LogP contribution in [0.4, 0.5) is 4.39 Å². The monoisotopic (exact) mass is 291 g/mol. The van der Waals surface area contributed by atoms with Crippen molar-refractivity contribution in [3.8, 4) is 0 Å². The number of carbonyl (C=O) groups is 2. The van der Waals surface area contributed by atoms with E-state index in [1.807, 2.05) is 0 Å². The van der Waals surface area contributed by atoms with Crippen molar-refractivity contribution in [3.05, 3.63) is 59.8 Å². The second kappa shape index (κ2) is 6.69. The Labute approximate surface area is 120 Å². The van der Waals surface area contributed by atoms with Crippen LogP contribution in [0.15, 0.2) is 47.1 Å². The molecule has 1 aromatic carbocycles. The summed E-state index contributed by atoms with van der Waals surface area (Å²) in [6.07, 6.45) is 1.31. The van der Waals surface area contributed by atoms with Gasteiger partial charge in [0.1, 0.15) is 11.6 Å². The molecule has 0 saturated heterocycles. The summed E-state index contributed by atoms with van der Waals surface area (Å²) < 4.78 is 18.1. The molecule has 5 nitrogen and oxygen atoms in total. The van der Waals surface area contributed by atoms with Crippen LogP contribution in [0, 0.1) is 5.82 Å². The maximum Gasteiger partial charge on any atom is 0.305 e. The van der Waals surface area contributed by atoms with Crippen LogP contribution in [0.3, 0.4) is 0 Å². The molecule has 0 aliphatic heterocycles. The largest absolute Gasteiger partial charge is 0.481 e. The number of amides is 1. The molecule has 2 rings (SSSR count). The fourth-order valence-corrected chi connectivity index (χ4v) is 1.85. The first-order valence-electron chi connectivity index (χ1n) is 6.35. The Balaban J connectivity index is 2.14. The van der Waals surface area contributed by atoms with E-state index < -0.39 is 11.8 Å². The third-order valence-corrected chi connectivity index (χ3v) is 2.90. The molecule has 0 bridgehead atoms. The standard InChI is InChI=1S/C15H14FNO4/c16-12-5-3-11(4-6-12)15(20)17(8-7-14(18)19)10-13-2-1-9-21-13/h1-6,9H,7-8,10H2,(H,18,19). The average Bonchev–Trinajstić information content (AvgIpc) is 2.96. The van der Waals surface area contributed by atoms with Crippen LogP contribution < -0.4 is 0 Å². The smallest absolute Gasteiger partial charge is 0.305 e. The normalized spacial score (nSPS) is 10.3. The molecule has 2 aromatic rings. The van der Waals surface area contributed by atoms with Gasteiger partial charge in [0.25, 0.3) is 5.91 Å². The van der Waals surface area contributed by atoms with Crippen LogP contribution >= 0.6 is 0 Å². The zero-order valence-corrected chi connectivity index (χ0v) is 11.2. The lowest BCUT2D eigenvalue weighted by Crippen LogP contribution is -2.32. The molecule has 21 heavy (non-hydrogen) atoms. The Hall–Kier alpha value is -2.63. The molecule has 110 valence electrons. The fourth-order valence-electron chi connectivity index (χ4n) is 1.85. The first-order valence-corrected chi connectivity index (χ1v) is 6.35. The highest BCUT2D eigenvalue weighted by atomic mass is 19.1. The zero-order valence-electron chi connectivity index (χ0n) is 11.2. The number of carboxylic acid groups (broad SMARTS) is 1. The van der Waals surface area contributed by atoms with E-state index in [2.05, 4.69) is 0 Å². The van der Waals surface area contributed by atoms with Crippen molar-refractivity contribution in [2.75, 3.05) is 6.54 Å². The first kappa shape index (κ1) is 14.8. The van der Waals surface area contributed by atoms with E-state index in [1.165, 1.54) is 35.4 Å². The van der Waals surface area contributed by atoms with Gasteiger partial charge in [0.15, 0.2) is 0 Å². The summed E-state index contributed by atoms with van der Waals surface area (Å²) in [6.45, 7) is 0.211. The van der Waals surface area contributed by atoms with E-state index in [-0.39, 0.29) is 25.4 Å². The summed E-state index contributed by atoms with van der Waals surface area (Å²) in [6, 6.07) is 8.50. The van der Waals surface area contributed by atoms with Crippen molar-refractivity contribution in [2.24, 2.45) is 0 Å². The van der Waals surface area contributed by atoms with Crippen molar-refractivity contribution in [3.63, 3.8) is 0 Å². The summed E-state index contributed by atoms with van der Waals surface area (Å²) in [5.74, 6) is -1.25. The Morgan fingerprint density at radius 1 is 1.19 bits per heavy atom. The average molecular weight is 291 g/mol. The molecule has 0 atom stereocenters. The number of nitrogens with zero attached hydrogens (tertiary/aromatic N) is 1. The minimum absolute atomic E-state index is 0.0479. The van der Waals surface area contributed by atoms with Crippen molar-refractivity contribution in [2.45, 2.75) is 13.0 Å². The van der Waals surface area contributed by atoms with Gasteiger partial charge >= 0.3 is 5.97 Å². The summed E-state index contributed by atoms with van der Waals surface area (Å²) in [5, 5.41) is 8.77. The minimum atomic E-state index is -0.994. The number of carbonyl (C=O) groups excluding carboxylic acids is 1. The number of furan rings is 1. The summed E-state index contributed by atoms with van der Waals surface area (Å²) >= 11 is 0. The molecule has 0 spiro atoms. The van der Waals surface area contributed by atoms with Crippen molar-refractivity contribution in [1.29, 1.82) is 0 Å². The second-order valence-electron chi connectivity index (χ2n) is 4.46. The predicted octanol–water partition coefficient (Wildman–Crippen LogP) is 2.54. The highest BCUT2D eigenvalue weighted by Crippen LogP contribution is 2.12. The Morgan fingerprint density at radius 2 is 1.90 bits per heavy atom. The SMILES string of the molecule is O=C(O)CCN(Cc1ccco1)C(=O)c1ccc(F)cc1. The minimum Gasteiger partial charge on any atom is -0.481 e. The van der Waals surface area contributed by atoms with Gasteiger partial charge in [0.2, 0.25) is 0 Å². The highest BCUT2D eigenvalue weighted by molar-refractivity contribution is 5.94. The molecule has 1 heterocycles. The molecule has 1 amide bonds. The summed E-state index contributed by atoms with van der Waals surface area (Å²) in [5.41, 5.74) is 0.299. The number of benzene rings is 1. The number of hydrogen-bond donors (Lipinski definition) is 1. The van der Waals surface area contributed by atoms with E-state index >= 15 is 0 Å². The van der Waals surface area contributed by atoms with Gasteiger partial charge in [0.05, 0.1) is 19.2 Å². The summed E-state index contributed by atoms with van der Waals surface area (Å²) in [7, 11) is 0. The van der Waals surface area contributed by atoms with Crippen molar-refractivity contribution in [1.82, 2.24) is 4.90 Å². The van der Waals surface area contributed by atoms with Crippen LogP contribution in [0.2, 0.25) is 0 Å². The van der Waals surface area contributed by atoms with E-state index in [0.29, 0.717) is 11.3 Å². The third-order valence-electron chi connectivity index (χ3n) is 2.90.